The molecule has 1 saturated carbocycles. The molecule has 2 nitrogen and oxygen atoms in total. The van der Waals surface area contributed by atoms with Crippen molar-refractivity contribution in [3.8, 4) is 5.75 Å². The summed E-state index contributed by atoms with van der Waals surface area (Å²) in [6.45, 7) is 2.02. The quantitative estimate of drug-likeness (QED) is 0.820. The Bertz CT molecular complexity index is 552. The molecular formula is C15H15NOS. The first-order chi connectivity index (χ1) is 8.79. The van der Waals surface area contributed by atoms with Crippen LogP contribution >= 0.6 is 11.3 Å². The number of ether oxygens (including phenoxy) is 1. The number of rotatable bonds is 4. The van der Waals surface area contributed by atoms with Crippen molar-refractivity contribution in [2.45, 2.75) is 25.9 Å². The highest BCUT2D eigenvalue weighted by Crippen LogP contribution is 2.26. The topological polar surface area (TPSA) is 22.1 Å². The monoisotopic (exact) mass is 257 g/mol. The number of aromatic nitrogens is 1. The molecule has 0 atom stereocenters. The summed E-state index contributed by atoms with van der Waals surface area (Å²) in [5.41, 5.74) is 2.19. The summed E-state index contributed by atoms with van der Waals surface area (Å²) in [6.07, 6.45) is 6.98. The van der Waals surface area contributed by atoms with E-state index in [2.05, 4.69) is 28.6 Å². The van der Waals surface area contributed by atoms with E-state index in [9.17, 15) is 0 Å². The molecule has 0 radical (unpaired) electrons. The highest BCUT2D eigenvalue weighted by Gasteiger charge is 2.23. The molecule has 3 rings (SSSR count). The zero-order valence-corrected chi connectivity index (χ0v) is 11.1. The maximum atomic E-state index is 5.71. The zero-order valence-electron chi connectivity index (χ0n) is 10.3. The second kappa shape index (κ2) is 4.94. The number of aryl methyl sites for hydroxylation is 1. The average molecular weight is 257 g/mol. The Hall–Kier alpha value is -1.61. The van der Waals surface area contributed by atoms with Crippen molar-refractivity contribution in [1.82, 2.24) is 4.98 Å². The molecule has 0 aliphatic heterocycles. The Balaban J connectivity index is 1.66. The molecule has 1 aromatic carbocycles. The van der Waals surface area contributed by atoms with E-state index in [-0.39, 0.29) is 0 Å². The number of benzene rings is 1. The summed E-state index contributed by atoms with van der Waals surface area (Å²) >= 11 is 1.67. The molecule has 3 heteroatoms. The fourth-order valence-corrected chi connectivity index (χ4v) is 2.25. The maximum absolute atomic E-state index is 5.71. The zero-order chi connectivity index (χ0) is 12.4. The van der Waals surface area contributed by atoms with E-state index in [0.29, 0.717) is 6.10 Å². The van der Waals surface area contributed by atoms with Gasteiger partial charge in [0.1, 0.15) is 5.75 Å². The average Bonchev–Trinajstić information content (AvgIpc) is 3.09. The van der Waals surface area contributed by atoms with Crippen LogP contribution in [0.2, 0.25) is 0 Å². The van der Waals surface area contributed by atoms with E-state index in [1.807, 2.05) is 25.1 Å². The van der Waals surface area contributed by atoms with Crippen LogP contribution < -0.4 is 4.74 Å². The van der Waals surface area contributed by atoms with Crippen LogP contribution in [0.15, 0.2) is 29.6 Å². The highest BCUT2D eigenvalue weighted by atomic mass is 32.1. The van der Waals surface area contributed by atoms with Crippen LogP contribution in [0.1, 0.15) is 29.1 Å². The molecule has 0 saturated heterocycles. The summed E-state index contributed by atoms with van der Waals surface area (Å²) in [4.78, 5) is 4.40. The lowest BCUT2D eigenvalue weighted by molar-refractivity contribution is 0.303. The van der Waals surface area contributed by atoms with Crippen molar-refractivity contribution >= 4 is 23.5 Å². The van der Waals surface area contributed by atoms with Gasteiger partial charge in [0.05, 0.1) is 16.8 Å². The first-order valence-electron chi connectivity index (χ1n) is 6.16. The second-order valence-electron chi connectivity index (χ2n) is 4.51. The lowest BCUT2D eigenvalue weighted by Gasteiger charge is -2.03. The van der Waals surface area contributed by atoms with Gasteiger partial charge in [-0.15, -0.1) is 11.3 Å². The van der Waals surface area contributed by atoms with Gasteiger partial charge in [-0.25, -0.2) is 4.98 Å². The van der Waals surface area contributed by atoms with Crippen LogP contribution in [0.3, 0.4) is 0 Å². The van der Waals surface area contributed by atoms with Crippen molar-refractivity contribution in [1.29, 1.82) is 0 Å². The van der Waals surface area contributed by atoms with Gasteiger partial charge in [-0.1, -0.05) is 18.2 Å². The third-order valence-corrected chi connectivity index (χ3v) is 3.58. The Kier molecular flexibility index (Phi) is 3.15. The molecule has 1 heterocycles. The second-order valence-corrected chi connectivity index (χ2v) is 5.57. The van der Waals surface area contributed by atoms with E-state index in [1.54, 1.807) is 11.3 Å². The summed E-state index contributed by atoms with van der Waals surface area (Å²) in [5.74, 6) is 0.971. The fraction of sp³-hybridized carbons (Fsp3) is 0.267. The minimum atomic E-state index is 0.462. The minimum Gasteiger partial charge on any atom is -0.490 e. The minimum absolute atomic E-state index is 0.462. The molecule has 0 spiro atoms. The molecule has 92 valence electrons. The van der Waals surface area contributed by atoms with Crippen molar-refractivity contribution in [3.63, 3.8) is 0 Å². The van der Waals surface area contributed by atoms with Gasteiger partial charge in [-0.3, -0.25) is 0 Å². The lowest BCUT2D eigenvalue weighted by atomic mass is 10.2. The molecule has 1 aliphatic carbocycles. The van der Waals surface area contributed by atoms with E-state index in [1.165, 1.54) is 18.4 Å². The molecule has 0 N–H and O–H groups in total. The molecule has 1 aromatic heterocycles. The SMILES string of the molecule is Cc1nc(/C=C/c2ccc(OC3CC3)cc2)cs1. The Morgan fingerprint density at radius 1 is 1.22 bits per heavy atom. The Labute approximate surface area is 111 Å². The van der Waals surface area contributed by atoms with Gasteiger partial charge in [-0.2, -0.15) is 0 Å². The molecule has 2 aromatic rings. The first-order valence-corrected chi connectivity index (χ1v) is 7.04. The van der Waals surface area contributed by atoms with Crippen molar-refractivity contribution in [3.05, 3.63) is 45.9 Å². The first kappa shape index (κ1) is 11.5. The van der Waals surface area contributed by atoms with Crippen molar-refractivity contribution in [2.75, 3.05) is 0 Å². The van der Waals surface area contributed by atoms with E-state index < -0.39 is 0 Å². The number of thiazole rings is 1. The molecule has 0 unspecified atom stereocenters. The molecule has 1 fully saturated rings. The standard InChI is InChI=1S/C15H15NOS/c1-11-16-13(10-18-11)5-2-12-3-6-14(7-4-12)17-15-8-9-15/h2-7,10,15H,8-9H2,1H3/b5-2+. The molecule has 0 bridgehead atoms. The van der Waals surface area contributed by atoms with Gasteiger partial charge in [0, 0.05) is 5.38 Å². The Morgan fingerprint density at radius 3 is 2.61 bits per heavy atom. The largest absolute Gasteiger partial charge is 0.490 e. The van der Waals surface area contributed by atoms with Gasteiger partial charge in [0.2, 0.25) is 0 Å². The normalized spacial score (nSPS) is 15.2. The van der Waals surface area contributed by atoms with E-state index in [4.69, 9.17) is 4.74 Å². The van der Waals surface area contributed by atoms with E-state index >= 15 is 0 Å². The van der Waals surface area contributed by atoms with Gasteiger partial charge in [0.25, 0.3) is 0 Å². The summed E-state index contributed by atoms with van der Waals surface area (Å²) in [6, 6.07) is 8.22. The van der Waals surface area contributed by atoms with E-state index in [0.717, 1.165) is 16.5 Å². The summed E-state index contributed by atoms with van der Waals surface area (Å²) < 4.78 is 5.71. The van der Waals surface area contributed by atoms with Crippen LogP contribution in [0.25, 0.3) is 12.2 Å². The van der Waals surface area contributed by atoms with Crippen LogP contribution in [-0.2, 0) is 0 Å². The molecule has 1 aliphatic rings. The summed E-state index contributed by atoms with van der Waals surface area (Å²) in [7, 11) is 0. The van der Waals surface area contributed by atoms with Crippen LogP contribution in [0.4, 0.5) is 0 Å². The smallest absolute Gasteiger partial charge is 0.119 e. The predicted molar refractivity (Wildman–Crippen MR) is 75.9 cm³/mol. The Morgan fingerprint density at radius 2 is 2.00 bits per heavy atom. The number of hydrogen-bond donors (Lipinski definition) is 0. The number of hydrogen-bond acceptors (Lipinski definition) is 3. The van der Waals surface area contributed by atoms with Crippen molar-refractivity contribution in [2.24, 2.45) is 0 Å². The van der Waals surface area contributed by atoms with Crippen molar-refractivity contribution < 1.29 is 4.74 Å². The lowest BCUT2D eigenvalue weighted by Crippen LogP contribution is -1.94. The third-order valence-electron chi connectivity index (χ3n) is 2.79. The maximum Gasteiger partial charge on any atom is 0.119 e. The van der Waals surface area contributed by atoms with Gasteiger partial charge < -0.3 is 4.74 Å². The fourth-order valence-electron chi connectivity index (χ4n) is 1.67. The molecule has 0 amide bonds. The van der Waals surface area contributed by atoms with Crippen LogP contribution in [0.5, 0.6) is 5.75 Å². The van der Waals surface area contributed by atoms with Gasteiger partial charge >= 0.3 is 0 Å². The number of nitrogens with zero attached hydrogens (tertiary/aromatic N) is 1. The van der Waals surface area contributed by atoms with Gasteiger partial charge in [0.15, 0.2) is 0 Å². The molecular weight excluding hydrogens is 242 g/mol. The van der Waals surface area contributed by atoms with Crippen LogP contribution in [0, 0.1) is 6.92 Å². The summed E-state index contributed by atoms with van der Waals surface area (Å²) in [5, 5.41) is 3.17. The highest BCUT2D eigenvalue weighted by molar-refractivity contribution is 7.09. The molecule has 18 heavy (non-hydrogen) atoms. The van der Waals surface area contributed by atoms with Crippen LogP contribution in [-0.4, -0.2) is 11.1 Å². The third kappa shape index (κ3) is 2.99. The predicted octanol–water partition coefficient (Wildman–Crippen LogP) is 4.16. The van der Waals surface area contributed by atoms with Gasteiger partial charge in [-0.05, 0) is 43.5 Å².